The molecule has 1 aliphatic carbocycles. The van der Waals surface area contributed by atoms with Crippen LogP contribution in [0.1, 0.15) is 35.6 Å². The number of benzene rings is 1. The summed E-state index contributed by atoms with van der Waals surface area (Å²) in [5, 5.41) is 0. The Morgan fingerprint density at radius 3 is 2.92 bits per heavy atom. The van der Waals surface area contributed by atoms with Gasteiger partial charge in [0.2, 0.25) is 0 Å². The number of hydrogen-bond donors (Lipinski definition) is 1. The van der Waals surface area contributed by atoms with E-state index in [1.54, 1.807) is 0 Å². The lowest BCUT2D eigenvalue weighted by Gasteiger charge is -2.25. The van der Waals surface area contributed by atoms with Crippen LogP contribution in [0.3, 0.4) is 0 Å². The van der Waals surface area contributed by atoms with E-state index in [4.69, 9.17) is 5.73 Å². The second-order valence-electron chi connectivity index (χ2n) is 3.76. The molecule has 13 heavy (non-hydrogen) atoms. The van der Waals surface area contributed by atoms with Crippen molar-refractivity contribution in [2.45, 2.75) is 32.2 Å². The number of nitrogens with two attached hydrogens (primary N) is 1. The summed E-state index contributed by atoms with van der Waals surface area (Å²) in [6.45, 7) is 2.17. The van der Waals surface area contributed by atoms with Crippen molar-refractivity contribution < 1.29 is 0 Å². The highest BCUT2D eigenvalue weighted by Gasteiger charge is 2.20. The van der Waals surface area contributed by atoms with Gasteiger partial charge in [0, 0.05) is 9.61 Å². The van der Waals surface area contributed by atoms with Crippen molar-refractivity contribution in [3.8, 4) is 0 Å². The Bertz CT molecular complexity index is 333. The average Bonchev–Trinajstić information content (AvgIpc) is 2.12. The lowest BCUT2D eigenvalue weighted by Crippen LogP contribution is -2.19. The fraction of sp³-hybridized carbons (Fsp3) is 0.455. The lowest BCUT2D eigenvalue weighted by atomic mass is 9.85. The van der Waals surface area contributed by atoms with Crippen LogP contribution >= 0.6 is 22.6 Å². The SMILES string of the molecule is Cc1ccc(I)c2c1C(N)CCC2. The van der Waals surface area contributed by atoms with Crippen molar-refractivity contribution in [3.05, 3.63) is 32.4 Å². The monoisotopic (exact) mass is 287 g/mol. The quantitative estimate of drug-likeness (QED) is 0.729. The maximum atomic E-state index is 6.11. The minimum absolute atomic E-state index is 0.276. The minimum atomic E-state index is 0.276. The standard InChI is InChI=1S/C11H14IN/c1-7-5-6-9(12)8-3-2-4-10(13)11(7)8/h5-6,10H,2-4,13H2,1H3. The van der Waals surface area contributed by atoms with E-state index < -0.39 is 0 Å². The summed E-state index contributed by atoms with van der Waals surface area (Å²) in [7, 11) is 0. The van der Waals surface area contributed by atoms with Gasteiger partial charge >= 0.3 is 0 Å². The van der Waals surface area contributed by atoms with E-state index in [1.807, 2.05) is 0 Å². The second-order valence-corrected chi connectivity index (χ2v) is 4.92. The first-order chi connectivity index (χ1) is 6.20. The third-order valence-electron chi connectivity index (χ3n) is 2.83. The molecule has 0 spiro atoms. The molecule has 2 N–H and O–H groups in total. The number of aryl methyl sites for hydroxylation is 1. The molecule has 0 amide bonds. The van der Waals surface area contributed by atoms with Crippen LogP contribution in [0.2, 0.25) is 0 Å². The molecule has 1 aromatic rings. The first kappa shape index (κ1) is 9.46. The fourth-order valence-electron chi connectivity index (χ4n) is 2.17. The fourth-order valence-corrected chi connectivity index (χ4v) is 2.91. The summed E-state index contributed by atoms with van der Waals surface area (Å²) in [5.74, 6) is 0. The molecule has 0 bridgehead atoms. The number of hydrogen-bond acceptors (Lipinski definition) is 1. The maximum Gasteiger partial charge on any atom is 0.0300 e. The lowest BCUT2D eigenvalue weighted by molar-refractivity contribution is 0.565. The molecular formula is C11H14IN. The predicted molar refractivity (Wildman–Crippen MR) is 63.8 cm³/mol. The van der Waals surface area contributed by atoms with E-state index in [-0.39, 0.29) is 6.04 Å². The first-order valence-electron chi connectivity index (χ1n) is 4.73. The van der Waals surface area contributed by atoms with E-state index in [0.29, 0.717) is 0 Å². The summed E-state index contributed by atoms with van der Waals surface area (Å²) in [6.07, 6.45) is 3.60. The van der Waals surface area contributed by atoms with E-state index in [9.17, 15) is 0 Å². The Labute approximate surface area is 92.9 Å². The van der Waals surface area contributed by atoms with Gasteiger partial charge in [0.1, 0.15) is 0 Å². The Hall–Kier alpha value is -0.0900. The van der Waals surface area contributed by atoms with Crippen molar-refractivity contribution in [3.63, 3.8) is 0 Å². The van der Waals surface area contributed by atoms with Gasteiger partial charge in [0.25, 0.3) is 0 Å². The molecular weight excluding hydrogens is 273 g/mol. The highest BCUT2D eigenvalue weighted by molar-refractivity contribution is 14.1. The van der Waals surface area contributed by atoms with Gasteiger partial charge in [-0.2, -0.15) is 0 Å². The van der Waals surface area contributed by atoms with Crippen molar-refractivity contribution in [2.75, 3.05) is 0 Å². The Kier molecular flexibility index (Phi) is 2.60. The molecule has 2 rings (SSSR count). The molecule has 1 atom stereocenters. The van der Waals surface area contributed by atoms with Crippen LogP contribution in [-0.2, 0) is 6.42 Å². The molecule has 0 saturated carbocycles. The van der Waals surface area contributed by atoms with E-state index in [2.05, 4.69) is 41.6 Å². The molecule has 1 unspecified atom stereocenters. The minimum Gasteiger partial charge on any atom is -0.324 e. The van der Waals surface area contributed by atoms with Crippen molar-refractivity contribution in [1.29, 1.82) is 0 Å². The molecule has 1 nitrogen and oxygen atoms in total. The summed E-state index contributed by atoms with van der Waals surface area (Å²) >= 11 is 2.41. The topological polar surface area (TPSA) is 26.0 Å². The van der Waals surface area contributed by atoms with Crippen LogP contribution in [-0.4, -0.2) is 0 Å². The van der Waals surface area contributed by atoms with E-state index >= 15 is 0 Å². The molecule has 2 heteroatoms. The van der Waals surface area contributed by atoms with Gasteiger partial charge in [-0.25, -0.2) is 0 Å². The maximum absolute atomic E-state index is 6.11. The zero-order valence-electron chi connectivity index (χ0n) is 7.81. The second kappa shape index (κ2) is 3.58. The van der Waals surface area contributed by atoms with Gasteiger partial charge in [-0.15, -0.1) is 0 Å². The van der Waals surface area contributed by atoms with Crippen LogP contribution in [0.25, 0.3) is 0 Å². The van der Waals surface area contributed by atoms with Gasteiger partial charge in [0.05, 0.1) is 0 Å². The summed E-state index contributed by atoms with van der Waals surface area (Å²) in [4.78, 5) is 0. The number of rotatable bonds is 0. The van der Waals surface area contributed by atoms with Gasteiger partial charge < -0.3 is 5.73 Å². The molecule has 0 aliphatic heterocycles. The zero-order valence-corrected chi connectivity index (χ0v) is 9.97. The molecule has 0 fully saturated rings. The Balaban J connectivity index is 2.60. The van der Waals surface area contributed by atoms with Gasteiger partial charge in [-0.05, 0) is 71.5 Å². The molecule has 0 saturated heterocycles. The third kappa shape index (κ3) is 1.62. The van der Waals surface area contributed by atoms with Crippen LogP contribution in [0.5, 0.6) is 0 Å². The van der Waals surface area contributed by atoms with Crippen LogP contribution < -0.4 is 5.73 Å². The number of halogens is 1. The van der Waals surface area contributed by atoms with Gasteiger partial charge in [0.15, 0.2) is 0 Å². The zero-order chi connectivity index (χ0) is 9.42. The molecule has 70 valence electrons. The molecule has 0 radical (unpaired) electrons. The van der Waals surface area contributed by atoms with Crippen LogP contribution in [0.15, 0.2) is 12.1 Å². The van der Waals surface area contributed by atoms with Gasteiger partial charge in [-0.1, -0.05) is 6.07 Å². The largest absolute Gasteiger partial charge is 0.324 e. The highest BCUT2D eigenvalue weighted by atomic mass is 127. The van der Waals surface area contributed by atoms with Crippen LogP contribution in [0, 0.1) is 10.5 Å². The average molecular weight is 287 g/mol. The highest BCUT2D eigenvalue weighted by Crippen LogP contribution is 2.33. The number of fused-ring (bicyclic) bond motifs is 1. The first-order valence-corrected chi connectivity index (χ1v) is 5.81. The van der Waals surface area contributed by atoms with E-state index in [1.165, 1.54) is 33.1 Å². The molecule has 0 aromatic heterocycles. The van der Waals surface area contributed by atoms with Crippen molar-refractivity contribution in [2.24, 2.45) is 5.73 Å². The summed E-state index contributed by atoms with van der Waals surface area (Å²) in [5.41, 5.74) is 10.4. The predicted octanol–water partition coefficient (Wildman–Crippen LogP) is 2.94. The van der Waals surface area contributed by atoms with Gasteiger partial charge in [-0.3, -0.25) is 0 Å². The summed E-state index contributed by atoms with van der Waals surface area (Å²) in [6, 6.07) is 4.66. The molecule has 0 heterocycles. The van der Waals surface area contributed by atoms with E-state index in [0.717, 1.165) is 6.42 Å². The smallest absolute Gasteiger partial charge is 0.0300 e. The van der Waals surface area contributed by atoms with Crippen molar-refractivity contribution in [1.82, 2.24) is 0 Å². The molecule has 1 aliphatic rings. The Morgan fingerprint density at radius 2 is 2.23 bits per heavy atom. The molecule has 1 aromatic carbocycles. The summed E-state index contributed by atoms with van der Waals surface area (Å²) < 4.78 is 1.38. The normalized spacial score (nSPS) is 21.3. The van der Waals surface area contributed by atoms with Crippen molar-refractivity contribution >= 4 is 22.6 Å². The Morgan fingerprint density at radius 1 is 1.46 bits per heavy atom. The third-order valence-corrected chi connectivity index (χ3v) is 3.84. The van der Waals surface area contributed by atoms with Crippen LogP contribution in [0.4, 0.5) is 0 Å².